The molecule has 1 amide bonds. The Bertz CT molecular complexity index is 1710. The van der Waals surface area contributed by atoms with Crippen molar-refractivity contribution in [3.05, 3.63) is 115 Å². The molecule has 46 heavy (non-hydrogen) atoms. The van der Waals surface area contributed by atoms with Gasteiger partial charge in [-0.25, -0.2) is 22.4 Å². The Morgan fingerprint density at radius 3 is 1.80 bits per heavy atom. The van der Waals surface area contributed by atoms with E-state index in [1.54, 1.807) is 4.90 Å². The summed E-state index contributed by atoms with van der Waals surface area (Å²) in [7, 11) is 1.29. The highest BCUT2D eigenvalue weighted by molar-refractivity contribution is 5.68. The number of amides is 1. The van der Waals surface area contributed by atoms with E-state index in [2.05, 4.69) is 15.6 Å². The second kappa shape index (κ2) is 14.7. The number of rotatable bonds is 6. The SMILES string of the molecule is COC(=O)N1CC[C@@H](c2cc(=O)[nH]o2)C[C@@H]1Cc1cc(F)cc(F)c1.O=c1cc([C@@H]2CCN[C@@H](Cc3cc(F)cc(F)c3)C2)o[nH]1. The quantitative estimate of drug-likeness (QED) is 0.248. The summed E-state index contributed by atoms with van der Waals surface area (Å²) in [5.74, 6) is -1.20. The summed E-state index contributed by atoms with van der Waals surface area (Å²) in [6.45, 7) is 1.18. The van der Waals surface area contributed by atoms with E-state index in [1.807, 2.05) is 0 Å². The first-order valence-corrected chi connectivity index (χ1v) is 14.9. The molecule has 0 aliphatic carbocycles. The minimum Gasteiger partial charge on any atom is -0.453 e. The molecule has 14 heteroatoms. The third-order valence-electron chi connectivity index (χ3n) is 8.31. The van der Waals surface area contributed by atoms with Crippen LogP contribution in [0.5, 0.6) is 0 Å². The average Bonchev–Trinajstić information content (AvgIpc) is 3.64. The molecule has 2 aliphatic rings. The first-order chi connectivity index (χ1) is 22.1. The standard InChI is InChI=1S/C17H18F2N2O4.C15H16F2N2O2/c1-24-17(23)21-3-2-11(15-9-16(22)20-25-15)7-14(21)6-10-4-12(18)8-13(19)5-10;16-11-3-9(4-12(17)7-11)5-13-6-10(1-2-18-13)14-8-15(20)19-21-14/h4-5,8-9,11,14H,2-3,6-7H2,1H3,(H,20,22);3-4,7-8,10,13,18H,1-2,5-6H2,(H,19,20)/t11-,14+;10-,13+/m11/s1. The van der Waals surface area contributed by atoms with Gasteiger partial charge in [-0.2, -0.15) is 10.3 Å². The van der Waals surface area contributed by atoms with Crippen LogP contribution in [-0.4, -0.2) is 53.6 Å². The average molecular weight is 647 g/mol. The smallest absolute Gasteiger partial charge is 0.409 e. The number of hydrogen-bond donors (Lipinski definition) is 3. The minimum atomic E-state index is -0.663. The van der Waals surface area contributed by atoms with Crippen molar-refractivity contribution < 1.29 is 36.1 Å². The van der Waals surface area contributed by atoms with Gasteiger partial charge in [-0.15, -0.1) is 0 Å². The predicted octanol–water partition coefficient (Wildman–Crippen LogP) is 5.13. The van der Waals surface area contributed by atoms with Gasteiger partial charge in [-0.05, 0) is 80.5 Å². The van der Waals surface area contributed by atoms with Crippen LogP contribution in [0.25, 0.3) is 0 Å². The van der Waals surface area contributed by atoms with Crippen LogP contribution in [0.1, 0.15) is 60.2 Å². The Morgan fingerprint density at radius 1 is 0.783 bits per heavy atom. The first kappa shape index (κ1) is 32.8. The molecule has 0 unspecified atom stereocenters. The topological polar surface area (TPSA) is 134 Å². The normalized spacial score (nSPS) is 21.4. The number of methoxy groups -OCH3 is 1. The molecular formula is C32H34F4N4O6. The molecule has 0 saturated carbocycles. The fourth-order valence-corrected chi connectivity index (χ4v) is 6.29. The summed E-state index contributed by atoms with van der Waals surface area (Å²) in [5, 5.41) is 7.89. The number of aromatic nitrogens is 2. The van der Waals surface area contributed by atoms with E-state index < -0.39 is 29.4 Å². The van der Waals surface area contributed by atoms with Gasteiger partial charge in [0.05, 0.1) is 7.11 Å². The molecule has 4 atom stereocenters. The van der Waals surface area contributed by atoms with Gasteiger partial charge in [0.1, 0.15) is 34.8 Å². The number of piperidine rings is 2. The zero-order valence-electron chi connectivity index (χ0n) is 25.0. The van der Waals surface area contributed by atoms with Crippen LogP contribution in [0.4, 0.5) is 22.4 Å². The van der Waals surface area contributed by atoms with Crippen LogP contribution in [0.2, 0.25) is 0 Å². The second-order valence-electron chi connectivity index (χ2n) is 11.6. The van der Waals surface area contributed by atoms with Crippen molar-refractivity contribution in [3.8, 4) is 0 Å². The number of aromatic amines is 2. The molecule has 0 spiro atoms. The number of nitrogens with zero attached hydrogens (tertiary/aromatic N) is 1. The van der Waals surface area contributed by atoms with Crippen LogP contribution in [0.15, 0.2) is 67.2 Å². The van der Waals surface area contributed by atoms with Crippen LogP contribution >= 0.6 is 0 Å². The lowest BCUT2D eigenvalue weighted by molar-refractivity contribution is 0.0816. The molecule has 2 saturated heterocycles. The zero-order valence-corrected chi connectivity index (χ0v) is 25.0. The summed E-state index contributed by atoms with van der Waals surface area (Å²) in [6.07, 6.45) is 3.05. The summed E-state index contributed by atoms with van der Waals surface area (Å²) in [6, 6.07) is 9.51. The van der Waals surface area contributed by atoms with Crippen LogP contribution < -0.4 is 16.4 Å². The van der Waals surface area contributed by atoms with Gasteiger partial charge in [0.15, 0.2) is 0 Å². The van der Waals surface area contributed by atoms with Crippen LogP contribution in [-0.2, 0) is 17.6 Å². The predicted molar refractivity (Wildman–Crippen MR) is 157 cm³/mol. The lowest BCUT2D eigenvalue weighted by Gasteiger charge is -2.38. The van der Waals surface area contributed by atoms with Crippen molar-refractivity contribution in [3.63, 3.8) is 0 Å². The molecule has 0 bridgehead atoms. The van der Waals surface area contributed by atoms with Crippen molar-refractivity contribution in [2.24, 2.45) is 0 Å². The molecule has 246 valence electrons. The minimum absolute atomic E-state index is 0.0664. The maximum atomic E-state index is 13.4. The van der Waals surface area contributed by atoms with Crippen molar-refractivity contribution >= 4 is 6.09 Å². The highest BCUT2D eigenvalue weighted by atomic mass is 19.1. The Morgan fingerprint density at radius 2 is 1.30 bits per heavy atom. The zero-order chi connectivity index (χ0) is 32.8. The Kier molecular flexibility index (Phi) is 10.5. The van der Waals surface area contributed by atoms with Gasteiger partial charge in [0, 0.05) is 54.7 Å². The third-order valence-corrected chi connectivity index (χ3v) is 8.31. The molecule has 4 aromatic rings. The molecule has 0 radical (unpaired) electrons. The summed E-state index contributed by atoms with van der Waals surface area (Å²) in [5.41, 5.74) is 0.509. The second-order valence-corrected chi connectivity index (χ2v) is 11.6. The molecule has 3 N–H and O–H groups in total. The number of benzene rings is 2. The fourth-order valence-electron chi connectivity index (χ4n) is 6.29. The van der Waals surface area contributed by atoms with Gasteiger partial charge in [0.2, 0.25) is 0 Å². The number of ether oxygens (including phenoxy) is 1. The Labute approximate surface area is 260 Å². The highest BCUT2D eigenvalue weighted by Gasteiger charge is 2.34. The lowest BCUT2D eigenvalue weighted by Crippen LogP contribution is -2.46. The molecule has 2 aromatic carbocycles. The third kappa shape index (κ3) is 8.56. The number of carbonyl (C=O) groups is 1. The fraction of sp³-hybridized carbons (Fsp3) is 0.406. The Balaban J connectivity index is 0.000000184. The number of halogens is 4. The van der Waals surface area contributed by atoms with Gasteiger partial charge in [-0.1, -0.05) is 0 Å². The molecule has 4 heterocycles. The largest absolute Gasteiger partial charge is 0.453 e. The van der Waals surface area contributed by atoms with Crippen molar-refractivity contribution in [1.29, 1.82) is 0 Å². The van der Waals surface area contributed by atoms with E-state index in [0.717, 1.165) is 31.5 Å². The van der Waals surface area contributed by atoms with E-state index in [-0.39, 0.29) is 41.5 Å². The number of nitrogens with one attached hydrogen (secondary N) is 3. The highest BCUT2D eigenvalue weighted by Crippen LogP contribution is 2.33. The van der Waals surface area contributed by atoms with Gasteiger partial charge in [-0.3, -0.25) is 9.59 Å². The van der Waals surface area contributed by atoms with Crippen molar-refractivity contribution in [2.75, 3.05) is 20.2 Å². The van der Waals surface area contributed by atoms with E-state index in [0.29, 0.717) is 48.5 Å². The monoisotopic (exact) mass is 646 g/mol. The van der Waals surface area contributed by atoms with Gasteiger partial charge < -0.3 is 24.0 Å². The molecular weight excluding hydrogens is 612 g/mol. The van der Waals surface area contributed by atoms with E-state index >= 15 is 0 Å². The number of H-pyrrole nitrogens is 2. The number of likely N-dealkylation sites (tertiary alicyclic amines) is 1. The number of carbonyl (C=O) groups excluding carboxylic acids is 1. The Hall–Kier alpha value is -4.59. The summed E-state index contributed by atoms with van der Waals surface area (Å²) in [4.78, 5) is 36.0. The lowest BCUT2D eigenvalue weighted by atomic mass is 9.86. The van der Waals surface area contributed by atoms with E-state index in [9.17, 15) is 31.9 Å². The van der Waals surface area contributed by atoms with Crippen LogP contribution in [0, 0.1) is 23.3 Å². The van der Waals surface area contributed by atoms with Crippen molar-refractivity contribution in [2.45, 2.75) is 62.4 Å². The first-order valence-electron chi connectivity index (χ1n) is 14.9. The van der Waals surface area contributed by atoms with Gasteiger partial charge >= 0.3 is 6.09 Å². The van der Waals surface area contributed by atoms with Crippen molar-refractivity contribution in [1.82, 2.24) is 20.5 Å². The molecule has 10 nitrogen and oxygen atoms in total. The maximum Gasteiger partial charge on any atom is 0.409 e. The molecule has 2 fully saturated rings. The molecule has 6 rings (SSSR count). The van der Waals surface area contributed by atoms with E-state index in [1.165, 1.54) is 43.5 Å². The maximum absolute atomic E-state index is 13.4. The molecule has 2 aliphatic heterocycles. The number of hydrogen-bond acceptors (Lipinski definition) is 7. The van der Waals surface area contributed by atoms with Crippen LogP contribution in [0.3, 0.4) is 0 Å². The van der Waals surface area contributed by atoms with Gasteiger partial charge in [0.25, 0.3) is 11.1 Å². The summed E-state index contributed by atoms with van der Waals surface area (Å²) >= 11 is 0. The van der Waals surface area contributed by atoms with E-state index in [4.69, 9.17) is 13.8 Å². The summed E-state index contributed by atoms with van der Waals surface area (Å²) < 4.78 is 68.5. The molecule has 2 aromatic heterocycles.